The summed E-state index contributed by atoms with van der Waals surface area (Å²) in [5.41, 5.74) is 9.83. The van der Waals surface area contributed by atoms with Crippen molar-refractivity contribution in [2.75, 3.05) is 0 Å². The third-order valence-corrected chi connectivity index (χ3v) is 9.48. The zero-order chi connectivity index (χ0) is 31.9. The van der Waals surface area contributed by atoms with Crippen LogP contribution in [0.3, 0.4) is 0 Å². The molecule has 1 aromatic heterocycles. The first-order chi connectivity index (χ1) is 23.8. The minimum absolute atomic E-state index is 0.734. The molecule has 0 saturated heterocycles. The van der Waals surface area contributed by atoms with Crippen LogP contribution in [0.25, 0.3) is 82.8 Å². The predicted octanol–water partition coefficient (Wildman–Crippen LogP) is 12.3. The molecule has 7 aromatic carbocycles. The molecule has 1 aliphatic rings. The van der Waals surface area contributed by atoms with Crippen molar-refractivity contribution in [2.24, 2.45) is 0 Å². The van der Waals surface area contributed by atoms with Crippen molar-refractivity contribution in [2.45, 2.75) is 12.8 Å². The Balaban J connectivity index is 1.13. The number of hydrogen-bond acceptors (Lipinski definition) is 2. The minimum atomic E-state index is 0.734. The lowest BCUT2D eigenvalue weighted by atomic mass is 9.91. The summed E-state index contributed by atoms with van der Waals surface area (Å²) in [6.07, 6.45) is 8.79. The lowest BCUT2D eigenvalue weighted by molar-refractivity contribution is 1.03. The van der Waals surface area contributed by atoms with E-state index in [1.165, 1.54) is 43.4 Å². The molecule has 0 atom stereocenters. The second-order valence-electron chi connectivity index (χ2n) is 12.5. The standard InChI is InChI=1S/C46H32N2/c1-3-13-31(14-4-1)44-30-45(32-15-5-2-6-16-32)48-46(47-44)37-20-12-19-35(28-37)33-17-11-18-34(27-33)36-25-26-42-40-23-8-7-21-38(40)39-22-9-10-24-41(39)43(42)29-36/h1,3-5,7-30H,2,6H2. The summed E-state index contributed by atoms with van der Waals surface area (Å²) in [6, 6.07) is 54.4. The van der Waals surface area contributed by atoms with Gasteiger partial charge in [0.2, 0.25) is 0 Å². The lowest BCUT2D eigenvalue weighted by Gasteiger charge is -2.13. The molecule has 2 nitrogen and oxygen atoms in total. The van der Waals surface area contributed by atoms with Crippen LogP contribution in [0, 0.1) is 0 Å². The van der Waals surface area contributed by atoms with Gasteiger partial charge in [-0.15, -0.1) is 0 Å². The van der Waals surface area contributed by atoms with Gasteiger partial charge in [-0.3, -0.25) is 0 Å². The van der Waals surface area contributed by atoms with Crippen molar-refractivity contribution < 1.29 is 0 Å². The molecule has 0 bridgehead atoms. The molecule has 8 aromatic rings. The molecule has 0 fully saturated rings. The fourth-order valence-corrected chi connectivity index (χ4v) is 7.09. The van der Waals surface area contributed by atoms with Crippen LogP contribution in [0.1, 0.15) is 18.5 Å². The van der Waals surface area contributed by atoms with Gasteiger partial charge in [0.25, 0.3) is 0 Å². The van der Waals surface area contributed by atoms with Crippen molar-refractivity contribution in [1.82, 2.24) is 9.97 Å². The highest BCUT2D eigenvalue weighted by molar-refractivity contribution is 6.25. The lowest BCUT2D eigenvalue weighted by Crippen LogP contribution is -1.99. The quantitative estimate of drug-likeness (QED) is 0.181. The Hall–Kier alpha value is -6.12. The number of fused-ring (bicyclic) bond motifs is 6. The third kappa shape index (κ3) is 5.09. The van der Waals surface area contributed by atoms with Crippen LogP contribution in [-0.2, 0) is 0 Å². The Morgan fingerprint density at radius 2 is 0.875 bits per heavy atom. The second-order valence-corrected chi connectivity index (χ2v) is 12.5. The molecule has 1 aliphatic carbocycles. The highest BCUT2D eigenvalue weighted by Crippen LogP contribution is 2.38. The number of rotatable bonds is 5. The van der Waals surface area contributed by atoms with Crippen molar-refractivity contribution >= 4 is 37.9 Å². The number of hydrogen-bond donors (Lipinski definition) is 0. The Kier molecular flexibility index (Phi) is 6.98. The minimum Gasteiger partial charge on any atom is -0.228 e. The molecule has 0 radical (unpaired) electrons. The van der Waals surface area contributed by atoms with Gasteiger partial charge in [0.1, 0.15) is 0 Å². The molecule has 2 heteroatoms. The molecule has 48 heavy (non-hydrogen) atoms. The number of aromatic nitrogens is 2. The molecule has 0 amide bonds. The van der Waals surface area contributed by atoms with Crippen molar-refractivity contribution in [3.63, 3.8) is 0 Å². The van der Waals surface area contributed by atoms with E-state index in [1.54, 1.807) is 0 Å². The Morgan fingerprint density at radius 1 is 0.354 bits per heavy atom. The summed E-state index contributed by atoms with van der Waals surface area (Å²) < 4.78 is 0. The van der Waals surface area contributed by atoms with Crippen molar-refractivity contribution in [3.8, 4) is 44.9 Å². The van der Waals surface area contributed by atoms with Gasteiger partial charge in [-0.2, -0.15) is 0 Å². The van der Waals surface area contributed by atoms with E-state index in [1.807, 2.05) is 6.07 Å². The van der Waals surface area contributed by atoms with Gasteiger partial charge in [0.15, 0.2) is 5.82 Å². The first-order valence-corrected chi connectivity index (χ1v) is 16.6. The number of nitrogens with zero attached hydrogens (tertiary/aromatic N) is 2. The van der Waals surface area contributed by atoms with Crippen LogP contribution in [0.2, 0.25) is 0 Å². The third-order valence-electron chi connectivity index (χ3n) is 9.48. The summed E-state index contributed by atoms with van der Waals surface area (Å²) >= 11 is 0. The summed E-state index contributed by atoms with van der Waals surface area (Å²) in [5, 5.41) is 7.74. The molecule has 226 valence electrons. The first kappa shape index (κ1) is 28.1. The van der Waals surface area contributed by atoms with Gasteiger partial charge in [0, 0.05) is 11.1 Å². The molecule has 0 N–H and O–H groups in total. The van der Waals surface area contributed by atoms with E-state index in [4.69, 9.17) is 9.97 Å². The Labute approximate surface area is 280 Å². The zero-order valence-electron chi connectivity index (χ0n) is 26.5. The highest BCUT2D eigenvalue weighted by atomic mass is 14.9. The molecule has 1 heterocycles. The monoisotopic (exact) mass is 612 g/mol. The van der Waals surface area contributed by atoms with Gasteiger partial charge < -0.3 is 0 Å². The van der Waals surface area contributed by atoms with Gasteiger partial charge in [-0.05, 0) is 97.3 Å². The highest BCUT2D eigenvalue weighted by Gasteiger charge is 2.14. The van der Waals surface area contributed by atoms with E-state index in [0.717, 1.165) is 57.9 Å². The summed E-state index contributed by atoms with van der Waals surface area (Å²) in [4.78, 5) is 10.2. The van der Waals surface area contributed by atoms with Crippen molar-refractivity contribution in [3.05, 3.63) is 176 Å². The maximum Gasteiger partial charge on any atom is 0.160 e. The normalized spacial score (nSPS) is 12.9. The van der Waals surface area contributed by atoms with Gasteiger partial charge in [0.05, 0.1) is 11.4 Å². The Bertz CT molecular complexity index is 2520. The molecule has 0 spiro atoms. The zero-order valence-corrected chi connectivity index (χ0v) is 26.5. The van der Waals surface area contributed by atoms with Crippen LogP contribution in [0.4, 0.5) is 0 Å². The fourth-order valence-electron chi connectivity index (χ4n) is 7.09. The smallest absolute Gasteiger partial charge is 0.160 e. The van der Waals surface area contributed by atoms with E-state index in [0.29, 0.717) is 0 Å². The number of benzene rings is 7. The maximum absolute atomic E-state index is 5.10. The van der Waals surface area contributed by atoms with Crippen LogP contribution < -0.4 is 0 Å². The van der Waals surface area contributed by atoms with Crippen LogP contribution in [0.5, 0.6) is 0 Å². The largest absolute Gasteiger partial charge is 0.228 e. The Morgan fingerprint density at radius 3 is 1.52 bits per heavy atom. The van der Waals surface area contributed by atoms with Crippen LogP contribution in [-0.4, -0.2) is 9.97 Å². The van der Waals surface area contributed by atoms with E-state index in [2.05, 4.69) is 164 Å². The maximum atomic E-state index is 5.10. The topological polar surface area (TPSA) is 25.8 Å². The number of allylic oxidation sites excluding steroid dienone is 4. The summed E-state index contributed by atoms with van der Waals surface area (Å²) in [7, 11) is 0. The van der Waals surface area contributed by atoms with Crippen LogP contribution >= 0.6 is 0 Å². The molecule has 0 unspecified atom stereocenters. The SMILES string of the molecule is C1=CC(c2cc(-c3ccccc3)nc(-c3cccc(-c4cccc(-c5ccc6c7ccccc7c7ccccc7c6c5)c4)c3)n2)=CCC1. The van der Waals surface area contributed by atoms with E-state index < -0.39 is 0 Å². The second kappa shape index (κ2) is 11.9. The average molecular weight is 613 g/mol. The van der Waals surface area contributed by atoms with E-state index in [9.17, 15) is 0 Å². The summed E-state index contributed by atoms with van der Waals surface area (Å²) in [6.45, 7) is 0. The van der Waals surface area contributed by atoms with Gasteiger partial charge >= 0.3 is 0 Å². The molecule has 0 saturated carbocycles. The summed E-state index contributed by atoms with van der Waals surface area (Å²) in [5.74, 6) is 0.734. The van der Waals surface area contributed by atoms with Crippen LogP contribution in [0.15, 0.2) is 170 Å². The first-order valence-electron chi connectivity index (χ1n) is 16.6. The van der Waals surface area contributed by atoms with E-state index >= 15 is 0 Å². The van der Waals surface area contributed by atoms with E-state index in [-0.39, 0.29) is 0 Å². The van der Waals surface area contributed by atoms with Gasteiger partial charge in [-0.25, -0.2) is 9.97 Å². The molecular formula is C46H32N2. The molecule has 0 aliphatic heterocycles. The predicted molar refractivity (Wildman–Crippen MR) is 203 cm³/mol. The fraction of sp³-hybridized carbons (Fsp3) is 0.0435. The average Bonchev–Trinajstić information content (AvgIpc) is 3.18. The molecule has 9 rings (SSSR count). The van der Waals surface area contributed by atoms with Crippen molar-refractivity contribution in [1.29, 1.82) is 0 Å². The van der Waals surface area contributed by atoms with Gasteiger partial charge in [-0.1, -0.05) is 146 Å². The molecular weight excluding hydrogens is 581 g/mol.